The van der Waals surface area contributed by atoms with E-state index in [-0.39, 0.29) is 12.5 Å². The summed E-state index contributed by atoms with van der Waals surface area (Å²) in [7, 11) is 3.25. The molecule has 0 saturated carbocycles. The van der Waals surface area contributed by atoms with E-state index >= 15 is 0 Å². The number of carbonyl (C=O) groups is 1. The Balaban J connectivity index is 1.67. The molecule has 0 aromatic heterocycles. The largest absolute Gasteiger partial charge is 0.493 e. The van der Waals surface area contributed by atoms with E-state index in [1.807, 2.05) is 41.3 Å². The van der Waals surface area contributed by atoms with Crippen LogP contribution in [0.25, 0.3) is 0 Å². The van der Waals surface area contributed by atoms with Crippen LogP contribution in [0, 0.1) is 3.57 Å². The highest BCUT2D eigenvalue weighted by Crippen LogP contribution is 2.33. The minimum Gasteiger partial charge on any atom is -0.493 e. The van der Waals surface area contributed by atoms with E-state index in [0.717, 1.165) is 27.1 Å². The van der Waals surface area contributed by atoms with E-state index < -0.39 is 0 Å². The van der Waals surface area contributed by atoms with E-state index in [2.05, 4.69) is 22.6 Å². The predicted molar refractivity (Wildman–Crippen MR) is 103 cm³/mol. The molecule has 1 aliphatic rings. The fourth-order valence-electron chi connectivity index (χ4n) is 2.89. The molecule has 6 heteroatoms. The smallest absolute Gasteiger partial charge is 0.260 e. The summed E-state index contributed by atoms with van der Waals surface area (Å²) in [5.74, 6) is 2.13. The van der Waals surface area contributed by atoms with Gasteiger partial charge in [-0.15, -0.1) is 0 Å². The molecule has 25 heavy (non-hydrogen) atoms. The van der Waals surface area contributed by atoms with Gasteiger partial charge in [-0.05, 0) is 64.4 Å². The molecule has 0 radical (unpaired) electrons. The summed E-state index contributed by atoms with van der Waals surface area (Å²) in [6.45, 7) is 1.28. The van der Waals surface area contributed by atoms with Gasteiger partial charge < -0.3 is 19.1 Å². The molecule has 1 heterocycles. The van der Waals surface area contributed by atoms with E-state index in [9.17, 15) is 4.79 Å². The minimum atomic E-state index is -0.0138. The summed E-state index contributed by atoms with van der Waals surface area (Å²) in [5, 5.41) is 0. The van der Waals surface area contributed by atoms with Gasteiger partial charge in [0.15, 0.2) is 18.1 Å². The summed E-state index contributed by atoms with van der Waals surface area (Å²) in [6.07, 6.45) is 0.796. The predicted octanol–water partition coefficient (Wildman–Crippen LogP) is 3.27. The summed E-state index contributed by atoms with van der Waals surface area (Å²) in [6, 6.07) is 11.6. The molecule has 1 aliphatic heterocycles. The number of halogens is 1. The lowest BCUT2D eigenvalue weighted by Crippen LogP contribution is -2.38. The maximum absolute atomic E-state index is 12.5. The Morgan fingerprint density at radius 2 is 1.76 bits per heavy atom. The van der Waals surface area contributed by atoms with E-state index in [4.69, 9.17) is 14.2 Å². The Morgan fingerprint density at radius 3 is 2.44 bits per heavy atom. The molecule has 1 amide bonds. The first-order valence-electron chi connectivity index (χ1n) is 8.01. The average Bonchev–Trinajstić information content (AvgIpc) is 2.65. The van der Waals surface area contributed by atoms with Crippen LogP contribution < -0.4 is 14.2 Å². The zero-order chi connectivity index (χ0) is 17.8. The molecule has 0 unspecified atom stereocenters. The average molecular weight is 453 g/mol. The molecular formula is C19H20INO4. The summed E-state index contributed by atoms with van der Waals surface area (Å²) < 4.78 is 17.4. The lowest BCUT2D eigenvalue weighted by Gasteiger charge is -2.29. The Hall–Kier alpha value is -1.96. The molecule has 2 aromatic carbocycles. The normalized spacial score (nSPS) is 13.2. The van der Waals surface area contributed by atoms with Crippen LogP contribution in [0.15, 0.2) is 36.4 Å². The SMILES string of the molecule is COc1cc2c(cc1OC)CN(C(=O)COc1ccccc1I)CC2. The molecule has 0 spiro atoms. The lowest BCUT2D eigenvalue weighted by molar-refractivity contribution is -0.134. The van der Waals surface area contributed by atoms with Crippen LogP contribution in [0.3, 0.4) is 0 Å². The van der Waals surface area contributed by atoms with E-state index in [0.29, 0.717) is 18.8 Å². The number of fused-ring (bicyclic) bond motifs is 1. The van der Waals surface area contributed by atoms with Crippen molar-refractivity contribution in [3.63, 3.8) is 0 Å². The molecule has 0 bridgehead atoms. The standard InChI is InChI=1S/C19H20INO4/c1-23-17-9-13-7-8-21(11-14(13)10-18(17)24-2)19(22)12-25-16-6-4-3-5-15(16)20/h3-6,9-10H,7-8,11-12H2,1-2H3. The number of hydrogen-bond donors (Lipinski definition) is 0. The summed E-state index contributed by atoms with van der Waals surface area (Å²) in [5.41, 5.74) is 2.28. The Kier molecular flexibility index (Phi) is 5.67. The van der Waals surface area contributed by atoms with Crippen molar-refractivity contribution in [2.45, 2.75) is 13.0 Å². The van der Waals surface area contributed by atoms with Crippen LogP contribution in [0.2, 0.25) is 0 Å². The van der Waals surface area contributed by atoms with Crippen molar-refractivity contribution in [3.8, 4) is 17.2 Å². The monoisotopic (exact) mass is 453 g/mol. The third-order valence-corrected chi connectivity index (χ3v) is 5.15. The fraction of sp³-hybridized carbons (Fsp3) is 0.316. The van der Waals surface area contributed by atoms with Gasteiger partial charge in [-0.25, -0.2) is 0 Å². The molecule has 5 nitrogen and oxygen atoms in total. The first kappa shape index (κ1) is 17.8. The number of amides is 1. The van der Waals surface area contributed by atoms with Crippen LogP contribution in [-0.4, -0.2) is 38.2 Å². The highest BCUT2D eigenvalue weighted by molar-refractivity contribution is 14.1. The Bertz CT molecular complexity index is 778. The molecule has 0 aliphatic carbocycles. The first-order valence-corrected chi connectivity index (χ1v) is 9.09. The van der Waals surface area contributed by atoms with Crippen molar-refractivity contribution in [2.24, 2.45) is 0 Å². The second-order valence-corrected chi connectivity index (χ2v) is 6.92. The zero-order valence-corrected chi connectivity index (χ0v) is 16.4. The quantitative estimate of drug-likeness (QED) is 0.653. The lowest BCUT2D eigenvalue weighted by atomic mass is 9.99. The number of ether oxygens (including phenoxy) is 3. The van der Waals surface area contributed by atoms with E-state index in [1.54, 1.807) is 14.2 Å². The zero-order valence-electron chi connectivity index (χ0n) is 14.3. The minimum absolute atomic E-state index is 0.0138. The summed E-state index contributed by atoms with van der Waals surface area (Å²) >= 11 is 2.20. The second kappa shape index (κ2) is 7.95. The Labute approximate surface area is 161 Å². The maximum atomic E-state index is 12.5. The Morgan fingerprint density at radius 1 is 1.08 bits per heavy atom. The highest BCUT2D eigenvalue weighted by atomic mass is 127. The second-order valence-electron chi connectivity index (χ2n) is 5.76. The number of carbonyl (C=O) groups excluding carboxylic acids is 1. The fourth-order valence-corrected chi connectivity index (χ4v) is 3.43. The van der Waals surface area contributed by atoms with Crippen molar-refractivity contribution in [3.05, 3.63) is 51.1 Å². The van der Waals surface area contributed by atoms with Crippen LogP contribution >= 0.6 is 22.6 Å². The number of para-hydroxylation sites is 1. The molecule has 3 rings (SSSR count). The molecule has 0 atom stereocenters. The van der Waals surface area contributed by atoms with Crippen LogP contribution in [0.4, 0.5) is 0 Å². The molecule has 0 fully saturated rings. The van der Waals surface area contributed by atoms with Gasteiger partial charge in [-0.3, -0.25) is 4.79 Å². The van der Waals surface area contributed by atoms with Gasteiger partial charge in [-0.2, -0.15) is 0 Å². The van der Waals surface area contributed by atoms with Crippen LogP contribution in [0.5, 0.6) is 17.2 Å². The molecular weight excluding hydrogens is 433 g/mol. The van der Waals surface area contributed by atoms with Crippen molar-refractivity contribution < 1.29 is 19.0 Å². The van der Waals surface area contributed by atoms with Gasteiger partial charge >= 0.3 is 0 Å². The topological polar surface area (TPSA) is 48.0 Å². The van der Waals surface area contributed by atoms with Gasteiger partial charge in [0, 0.05) is 13.1 Å². The first-order chi connectivity index (χ1) is 12.1. The third kappa shape index (κ3) is 4.00. The van der Waals surface area contributed by atoms with Gasteiger partial charge in [0.2, 0.25) is 0 Å². The van der Waals surface area contributed by atoms with Gasteiger partial charge in [0.05, 0.1) is 17.8 Å². The van der Waals surface area contributed by atoms with Gasteiger partial charge in [0.1, 0.15) is 5.75 Å². The van der Waals surface area contributed by atoms with Gasteiger partial charge in [0.25, 0.3) is 5.91 Å². The van der Waals surface area contributed by atoms with Crippen molar-refractivity contribution in [2.75, 3.05) is 27.4 Å². The van der Waals surface area contributed by atoms with E-state index in [1.165, 1.54) is 5.56 Å². The van der Waals surface area contributed by atoms with Crippen molar-refractivity contribution in [1.82, 2.24) is 4.90 Å². The maximum Gasteiger partial charge on any atom is 0.260 e. The number of benzene rings is 2. The third-order valence-electron chi connectivity index (χ3n) is 4.26. The van der Waals surface area contributed by atoms with Crippen LogP contribution in [0.1, 0.15) is 11.1 Å². The number of methoxy groups -OCH3 is 2. The molecule has 2 aromatic rings. The van der Waals surface area contributed by atoms with Gasteiger partial charge in [-0.1, -0.05) is 12.1 Å². The highest BCUT2D eigenvalue weighted by Gasteiger charge is 2.23. The summed E-state index contributed by atoms with van der Waals surface area (Å²) in [4.78, 5) is 14.3. The van der Waals surface area contributed by atoms with Crippen LogP contribution in [-0.2, 0) is 17.8 Å². The number of nitrogens with zero attached hydrogens (tertiary/aromatic N) is 1. The number of rotatable bonds is 5. The molecule has 0 saturated heterocycles. The van der Waals surface area contributed by atoms with Crippen molar-refractivity contribution in [1.29, 1.82) is 0 Å². The molecule has 0 N–H and O–H groups in total. The molecule has 132 valence electrons. The van der Waals surface area contributed by atoms with Crippen molar-refractivity contribution >= 4 is 28.5 Å². The number of hydrogen-bond acceptors (Lipinski definition) is 4.